The lowest BCUT2D eigenvalue weighted by atomic mass is 9.89. The molecule has 2 aliphatic rings. The third-order valence-corrected chi connectivity index (χ3v) is 6.91. The molecule has 33 heavy (non-hydrogen) atoms. The molecular formula is C28H33N3O2. The minimum atomic E-state index is -0.0135. The largest absolute Gasteiger partial charge is 0.355 e. The van der Waals surface area contributed by atoms with E-state index in [1.165, 1.54) is 28.9 Å². The molecule has 1 amide bonds. The van der Waals surface area contributed by atoms with Gasteiger partial charge in [0.05, 0.1) is 12.3 Å². The zero-order valence-corrected chi connectivity index (χ0v) is 19.4. The van der Waals surface area contributed by atoms with Crippen LogP contribution in [0, 0.1) is 5.92 Å². The number of amides is 1. The van der Waals surface area contributed by atoms with Crippen molar-refractivity contribution < 1.29 is 9.53 Å². The van der Waals surface area contributed by atoms with Gasteiger partial charge in [0, 0.05) is 37.4 Å². The van der Waals surface area contributed by atoms with E-state index in [9.17, 15) is 4.79 Å². The number of benzene rings is 2. The molecule has 1 aromatic heterocycles. The highest BCUT2D eigenvalue weighted by atomic mass is 16.5. The van der Waals surface area contributed by atoms with E-state index in [0.29, 0.717) is 18.7 Å². The molecule has 0 radical (unpaired) electrons. The Labute approximate surface area is 196 Å². The van der Waals surface area contributed by atoms with Crippen LogP contribution >= 0.6 is 0 Å². The van der Waals surface area contributed by atoms with E-state index in [2.05, 4.69) is 58.1 Å². The lowest BCUT2D eigenvalue weighted by Crippen LogP contribution is -2.44. The lowest BCUT2D eigenvalue weighted by molar-refractivity contribution is -0.0686. The summed E-state index contributed by atoms with van der Waals surface area (Å²) >= 11 is 0. The van der Waals surface area contributed by atoms with Crippen molar-refractivity contribution in [3.63, 3.8) is 0 Å². The molecule has 172 valence electrons. The van der Waals surface area contributed by atoms with Crippen LogP contribution in [0.2, 0.25) is 0 Å². The van der Waals surface area contributed by atoms with E-state index in [4.69, 9.17) is 4.74 Å². The average Bonchev–Trinajstić information content (AvgIpc) is 3.24. The Balaban J connectivity index is 1.30. The second kappa shape index (κ2) is 9.94. The molecule has 2 aromatic carbocycles. The first-order valence-electron chi connectivity index (χ1n) is 12.1. The molecule has 3 aromatic rings. The minimum Gasteiger partial charge on any atom is -0.355 e. The second-order valence-corrected chi connectivity index (χ2v) is 9.33. The van der Waals surface area contributed by atoms with E-state index < -0.39 is 0 Å². The van der Waals surface area contributed by atoms with Gasteiger partial charge in [-0.15, -0.1) is 0 Å². The van der Waals surface area contributed by atoms with Gasteiger partial charge >= 0.3 is 0 Å². The van der Waals surface area contributed by atoms with Gasteiger partial charge in [0.2, 0.25) is 0 Å². The highest BCUT2D eigenvalue weighted by molar-refractivity contribution is 5.94. The average molecular weight is 444 g/mol. The monoisotopic (exact) mass is 443 g/mol. The van der Waals surface area contributed by atoms with Gasteiger partial charge in [0.15, 0.2) is 0 Å². The zero-order valence-electron chi connectivity index (χ0n) is 19.4. The van der Waals surface area contributed by atoms with Crippen molar-refractivity contribution in [1.29, 1.82) is 0 Å². The fourth-order valence-electron chi connectivity index (χ4n) is 5.16. The van der Waals surface area contributed by atoms with E-state index >= 15 is 0 Å². The maximum absolute atomic E-state index is 12.4. The van der Waals surface area contributed by atoms with Gasteiger partial charge in [0.1, 0.15) is 6.23 Å². The molecule has 2 unspecified atom stereocenters. The number of ether oxygens (including phenoxy) is 1. The molecule has 1 saturated heterocycles. The Bertz CT molecular complexity index is 1080. The first kappa shape index (κ1) is 21.9. The first-order valence-corrected chi connectivity index (χ1v) is 12.1. The van der Waals surface area contributed by atoms with Crippen molar-refractivity contribution in [2.75, 3.05) is 32.8 Å². The van der Waals surface area contributed by atoms with Crippen LogP contribution in [0.1, 0.15) is 41.2 Å². The molecule has 5 heteroatoms. The zero-order chi connectivity index (χ0) is 22.6. The number of fused-ring (bicyclic) bond motifs is 1. The lowest BCUT2D eigenvalue weighted by Gasteiger charge is -2.36. The summed E-state index contributed by atoms with van der Waals surface area (Å²) in [5, 5.41) is 3.06. The van der Waals surface area contributed by atoms with Gasteiger partial charge < -0.3 is 14.6 Å². The number of nitrogens with zero attached hydrogens (tertiary/aromatic N) is 2. The quantitative estimate of drug-likeness (QED) is 0.608. The molecule has 0 bridgehead atoms. The van der Waals surface area contributed by atoms with E-state index in [1.807, 2.05) is 30.3 Å². The molecule has 5 rings (SSSR count). The second-order valence-electron chi connectivity index (χ2n) is 9.33. The van der Waals surface area contributed by atoms with Crippen LogP contribution in [0.4, 0.5) is 0 Å². The number of morpholine rings is 1. The summed E-state index contributed by atoms with van der Waals surface area (Å²) in [5.74, 6) is 0.717. The Morgan fingerprint density at radius 3 is 2.64 bits per heavy atom. The number of hydrogen-bond acceptors (Lipinski definition) is 3. The fourth-order valence-corrected chi connectivity index (χ4v) is 5.16. The minimum absolute atomic E-state index is 0.00376. The summed E-state index contributed by atoms with van der Waals surface area (Å²) < 4.78 is 8.80. The van der Waals surface area contributed by atoms with Gasteiger partial charge in [-0.05, 0) is 54.5 Å². The molecule has 1 N–H and O–H groups in total. The standard InChI is InChI=1S/C28H33N3O2/c1-21-12-13-25-24(18-21)19-26(22-8-4-2-5-9-22)31(25)27-20-30(16-17-33-27)15-14-29-28(32)23-10-6-3-7-11-23/h2-11,19,21,27H,12-18,20H2,1H3,(H,29,32). The van der Waals surface area contributed by atoms with Gasteiger partial charge in [-0.1, -0.05) is 55.5 Å². The van der Waals surface area contributed by atoms with Crippen LogP contribution in [0.3, 0.4) is 0 Å². The van der Waals surface area contributed by atoms with Crippen molar-refractivity contribution in [3.05, 3.63) is 83.6 Å². The molecule has 0 spiro atoms. The van der Waals surface area contributed by atoms with Crippen LogP contribution in [-0.2, 0) is 17.6 Å². The van der Waals surface area contributed by atoms with Crippen molar-refractivity contribution in [1.82, 2.24) is 14.8 Å². The van der Waals surface area contributed by atoms with Crippen molar-refractivity contribution in [3.8, 4) is 11.3 Å². The molecule has 1 fully saturated rings. The number of hydrogen-bond donors (Lipinski definition) is 1. The van der Waals surface area contributed by atoms with Crippen molar-refractivity contribution in [2.24, 2.45) is 5.92 Å². The smallest absolute Gasteiger partial charge is 0.251 e. The van der Waals surface area contributed by atoms with Gasteiger partial charge in [-0.25, -0.2) is 0 Å². The van der Waals surface area contributed by atoms with E-state index in [0.717, 1.165) is 38.4 Å². The molecule has 5 nitrogen and oxygen atoms in total. The predicted octanol–water partition coefficient (Wildman–Crippen LogP) is 4.54. The maximum Gasteiger partial charge on any atom is 0.251 e. The normalized spacial score (nSPS) is 20.9. The van der Waals surface area contributed by atoms with Crippen LogP contribution in [0.5, 0.6) is 0 Å². The predicted molar refractivity (Wildman–Crippen MR) is 131 cm³/mol. The number of nitrogens with one attached hydrogen (secondary N) is 1. The van der Waals surface area contributed by atoms with Gasteiger partial charge in [-0.2, -0.15) is 0 Å². The summed E-state index contributed by atoms with van der Waals surface area (Å²) in [7, 11) is 0. The van der Waals surface area contributed by atoms with E-state index in [1.54, 1.807) is 0 Å². The highest BCUT2D eigenvalue weighted by Crippen LogP contribution is 2.36. The summed E-state index contributed by atoms with van der Waals surface area (Å²) in [6.07, 6.45) is 3.48. The summed E-state index contributed by atoms with van der Waals surface area (Å²) in [5.41, 5.74) is 6.13. The summed E-state index contributed by atoms with van der Waals surface area (Å²) in [6, 6.07) is 22.5. The van der Waals surface area contributed by atoms with Gasteiger partial charge in [0.25, 0.3) is 5.91 Å². The third kappa shape index (κ3) is 4.90. The molecule has 0 saturated carbocycles. The number of carbonyl (C=O) groups is 1. The summed E-state index contributed by atoms with van der Waals surface area (Å²) in [6.45, 7) is 6.23. The van der Waals surface area contributed by atoms with E-state index in [-0.39, 0.29) is 12.1 Å². The Hall–Kier alpha value is -2.89. The van der Waals surface area contributed by atoms with Crippen molar-refractivity contribution in [2.45, 2.75) is 32.4 Å². The van der Waals surface area contributed by atoms with Crippen LogP contribution < -0.4 is 5.32 Å². The van der Waals surface area contributed by atoms with Crippen LogP contribution in [-0.4, -0.2) is 48.2 Å². The molecule has 1 aliphatic heterocycles. The van der Waals surface area contributed by atoms with Crippen LogP contribution in [0.15, 0.2) is 66.7 Å². The Kier molecular flexibility index (Phi) is 6.60. The number of rotatable bonds is 6. The SMILES string of the molecule is CC1CCc2c(cc(-c3ccccc3)n2C2CN(CCNC(=O)c3ccccc3)CCO2)C1. The highest BCUT2D eigenvalue weighted by Gasteiger charge is 2.29. The van der Waals surface area contributed by atoms with Crippen LogP contribution in [0.25, 0.3) is 11.3 Å². The molecule has 2 atom stereocenters. The fraction of sp³-hybridized carbons (Fsp3) is 0.393. The third-order valence-electron chi connectivity index (χ3n) is 6.91. The maximum atomic E-state index is 12.4. The molecule has 1 aliphatic carbocycles. The number of aromatic nitrogens is 1. The van der Waals surface area contributed by atoms with Crippen molar-refractivity contribution >= 4 is 5.91 Å². The Morgan fingerprint density at radius 1 is 1.09 bits per heavy atom. The molecule has 2 heterocycles. The topological polar surface area (TPSA) is 46.5 Å². The van der Waals surface area contributed by atoms with Gasteiger partial charge in [-0.3, -0.25) is 9.69 Å². The number of carbonyl (C=O) groups excluding carboxylic acids is 1. The molecular weight excluding hydrogens is 410 g/mol. The Morgan fingerprint density at radius 2 is 1.85 bits per heavy atom. The summed E-state index contributed by atoms with van der Waals surface area (Å²) in [4.78, 5) is 14.8. The first-order chi connectivity index (χ1) is 16.2.